The number of hydrogen-bond donors (Lipinski definition) is 2. The lowest BCUT2D eigenvalue weighted by atomic mass is 9.99. The highest BCUT2D eigenvalue weighted by Crippen LogP contribution is 2.20. The van der Waals surface area contributed by atoms with Crippen molar-refractivity contribution in [2.45, 2.75) is 25.8 Å². The van der Waals surface area contributed by atoms with Gasteiger partial charge in [0.15, 0.2) is 0 Å². The van der Waals surface area contributed by atoms with E-state index in [-0.39, 0.29) is 11.5 Å². The molecule has 0 radical (unpaired) electrons. The number of hydrogen-bond acceptors (Lipinski definition) is 5. The maximum atomic E-state index is 11.1. The smallest absolute Gasteiger partial charge is 0.329 e. The number of aromatic nitrogens is 1. The topological polar surface area (TPSA) is 105 Å². The molecule has 92 valence electrons. The summed E-state index contributed by atoms with van der Waals surface area (Å²) in [5.74, 6) is -0.862. The van der Waals surface area contributed by atoms with E-state index in [2.05, 4.69) is 10.3 Å². The summed E-state index contributed by atoms with van der Waals surface area (Å²) in [6, 6.07) is 2.45. The minimum absolute atomic E-state index is 0.133. The Bertz CT molecular complexity index is 449. The molecule has 1 unspecified atom stereocenters. The number of carboxylic acids is 1. The predicted octanol–water partition coefficient (Wildman–Crippen LogP) is 1.65. The molecule has 1 aromatic heterocycles. The van der Waals surface area contributed by atoms with E-state index in [1.807, 2.05) is 0 Å². The van der Waals surface area contributed by atoms with Crippen LogP contribution in [0.1, 0.15) is 20.3 Å². The lowest BCUT2D eigenvalue weighted by Gasteiger charge is -2.24. The predicted molar refractivity (Wildman–Crippen MR) is 60.8 cm³/mol. The Hall–Kier alpha value is -2.18. The summed E-state index contributed by atoms with van der Waals surface area (Å²) in [4.78, 5) is 24.9. The molecule has 0 spiro atoms. The molecule has 17 heavy (non-hydrogen) atoms. The summed E-state index contributed by atoms with van der Waals surface area (Å²) in [6.45, 7) is 3.20. The molecule has 1 aromatic rings. The minimum Gasteiger partial charge on any atom is -0.480 e. The fourth-order valence-electron chi connectivity index (χ4n) is 1.18. The van der Waals surface area contributed by atoms with Gasteiger partial charge in [-0.2, -0.15) is 0 Å². The van der Waals surface area contributed by atoms with Crippen molar-refractivity contribution in [2.24, 2.45) is 0 Å². The summed E-state index contributed by atoms with van der Waals surface area (Å²) in [6.07, 6.45) is 1.59. The van der Waals surface area contributed by atoms with Crippen LogP contribution in [0.5, 0.6) is 0 Å². The number of anilines is 1. The van der Waals surface area contributed by atoms with Crippen molar-refractivity contribution in [2.75, 3.05) is 5.32 Å². The first-order valence-electron chi connectivity index (χ1n) is 5.01. The average molecular weight is 239 g/mol. The number of rotatable bonds is 5. The lowest BCUT2D eigenvalue weighted by molar-refractivity contribution is -0.384. The van der Waals surface area contributed by atoms with Gasteiger partial charge >= 0.3 is 5.97 Å². The quantitative estimate of drug-likeness (QED) is 0.597. The number of pyridine rings is 1. The number of nitrogens with one attached hydrogen (secondary N) is 1. The van der Waals surface area contributed by atoms with Crippen LogP contribution in [-0.4, -0.2) is 26.5 Å². The summed E-state index contributed by atoms with van der Waals surface area (Å²) in [5, 5.41) is 22.3. The molecule has 0 saturated heterocycles. The number of carboxylic acid groups (broad SMARTS) is 1. The second-order valence-corrected chi connectivity index (χ2v) is 3.77. The van der Waals surface area contributed by atoms with Crippen LogP contribution in [0.3, 0.4) is 0 Å². The Morgan fingerprint density at radius 1 is 1.71 bits per heavy atom. The fourth-order valence-corrected chi connectivity index (χ4v) is 1.18. The van der Waals surface area contributed by atoms with Crippen LogP contribution in [0, 0.1) is 10.1 Å². The van der Waals surface area contributed by atoms with Crippen LogP contribution in [0.2, 0.25) is 0 Å². The van der Waals surface area contributed by atoms with Gasteiger partial charge in [-0.15, -0.1) is 0 Å². The van der Waals surface area contributed by atoms with E-state index < -0.39 is 16.4 Å². The Balaban J connectivity index is 2.98. The van der Waals surface area contributed by atoms with Crippen molar-refractivity contribution < 1.29 is 14.8 Å². The number of nitrogens with zero attached hydrogens (tertiary/aromatic N) is 2. The van der Waals surface area contributed by atoms with E-state index in [0.717, 1.165) is 0 Å². The molecule has 2 N–H and O–H groups in total. The van der Waals surface area contributed by atoms with Gasteiger partial charge in [-0.3, -0.25) is 10.1 Å². The van der Waals surface area contributed by atoms with Crippen LogP contribution >= 0.6 is 0 Å². The molecule has 1 rings (SSSR count). The van der Waals surface area contributed by atoms with E-state index in [0.29, 0.717) is 6.42 Å². The van der Waals surface area contributed by atoms with Gasteiger partial charge in [0, 0.05) is 12.3 Å². The van der Waals surface area contributed by atoms with Crippen LogP contribution in [0.4, 0.5) is 11.5 Å². The zero-order valence-corrected chi connectivity index (χ0v) is 9.51. The van der Waals surface area contributed by atoms with Crippen molar-refractivity contribution in [1.29, 1.82) is 0 Å². The first-order chi connectivity index (χ1) is 7.89. The largest absolute Gasteiger partial charge is 0.480 e. The molecule has 0 aliphatic heterocycles. The molecule has 0 aromatic carbocycles. The third-order valence-corrected chi connectivity index (χ3v) is 2.54. The van der Waals surface area contributed by atoms with Gasteiger partial charge in [0.05, 0.1) is 11.0 Å². The molecule has 0 aliphatic carbocycles. The molecule has 0 saturated carbocycles. The first-order valence-corrected chi connectivity index (χ1v) is 5.01. The van der Waals surface area contributed by atoms with Crippen molar-refractivity contribution in [3.8, 4) is 0 Å². The molecule has 0 amide bonds. The average Bonchev–Trinajstić information content (AvgIpc) is 2.29. The van der Waals surface area contributed by atoms with E-state index in [1.54, 1.807) is 6.92 Å². The Morgan fingerprint density at radius 2 is 2.35 bits per heavy atom. The molecule has 1 atom stereocenters. The number of carbonyl (C=O) groups is 1. The molecule has 0 fully saturated rings. The van der Waals surface area contributed by atoms with Crippen molar-refractivity contribution >= 4 is 17.5 Å². The Labute approximate surface area is 97.6 Å². The molecule has 7 heteroatoms. The summed E-state index contributed by atoms with van der Waals surface area (Å²) >= 11 is 0. The normalized spacial score (nSPS) is 13.8. The molecular formula is C10H13N3O4. The SMILES string of the molecule is CCC(C)(Nc1cc([N+](=O)[O-])ccn1)C(=O)O. The molecule has 1 heterocycles. The van der Waals surface area contributed by atoms with Crippen molar-refractivity contribution in [1.82, 2.24) is 4.98 Å². The third kappa shape index (κ3) is 2.90. The van der Waals surface area contributed by atoms with E-state index in [1.165, 1.54) is 25.3 Å². The highest BCUT2D eigenvalue weighted by atomic mass is 16.6. The van der Waals surface area contributed by atoms with E-state index in [9.17, 15) is 14.9 Å². The van der Waals surface area contributed by atoms with Crippen LogP contribution in [0.25, 0.3) is 0 Å². The van der Waals surface area contributed by atoms with Gasteiger partial charge in [-0.1, -0.05) is 6.92 Å². The maximum absolute atomic E-state index is 11.1. The molecule has 7 nitrogen and oxygen atoms in total. The fraction of sp³-hybridized carbons (Fsp3) is 0.400. The van der Waals surface area contributed by atoms with Gasteiger partial charge in [0.25, 0.3) is 5.69 Å². The second kappa shape index (κ2) is 4.77. The third-order valence-electron chi connectivity index (χ3n) is 2.54. The van der Waals surface area contributed by atoms with Crippen LogP contribution < -0.4 is 5.32 Å². The maximum Gasteiger partial charge on any atom is 0.329 e. The van der Waals surface area contributed by atoms with E-state index in [4.69, 9.17) is 5.11 Å². The van der Waals surface area contributed by atoms with Gasteiger partial charge in [0.1, 0.15) is 11.4 Å². The van der Waals surface area contributed by atoms with Gasteiger partial charge in [-0.25, -0.2) is 9.78 Å². The molecular weight excluding hydrogens is 226 g/mol. The number of nitro groups is 1. The van der Waals surface area contributed by atoms with Crippen molar-refractivity contribution in [3.63, 3.8) is 0 Å². The Kier molecular flexibility index (Phi) is 3.62. The monoisotopic (exact) mass is 239 g/mol. The molecule has 0 bridgehead atoms. The standard InChI is InChI=1S/C10H13N3O4/c1-3-10(2,9(14)15)12-8-6-7(13(16)17)4-5-11-8/h4-6H,3H2,1-2H3,(H,11,12)(H,14,15). The van der Waals surface area contributed by atoms with E-state index >= 15 is 0 Å². The van der Waals surface area contributed by atoms with Crippen molar-refractivity contribution in [3.05, 3.63) is 28.4 Å². The Morgan fingerprint density at radius 3 is 2.82 bits per heavy atom. The van der Waals surface area contributed by atoms with Gasteiger partial charge < -0.3 is 10.4 Å². The first kappa shape index (κ1) is 12.9. The number of aliphatic carboxylic acids is 1. The van der Waals surface area contributed by atoms with Crippen LogP contribution in [-0.2, 0) is 4.79 Å². The summed E-state index contributed by atoms with van der Waals surface area (Å²) in [7, 11) is 0. The van der Waals surface area contributed by atoms with Gasteiger partial charge in [0.2, 0.25) is 0 Å². The van der Waals surface area contributed by atoms with Gasteiger partial charge in [-0.05, 0) is 13.3 Å². The highest BCUT2D eigenvalue weighted by Gasteiger charge is 2.31. The summed E-state index contributed by atoms with van der Waals surface area (Å²) < 4.78 is 0. The highest BCUT2D eigenvalue weighted by molar-refractivity contribution is 5.81. The molecule has 0 aliphatic rings. The minimum atomic E-state index is -1.19. The summed E-state index contributed by atoms with van der Waals surface area (Å²) in [5.41, 5.74) is -1.33. The second-order valence-electron chi connectivity index (χ2n) is 3.77. The zero-order chi connectivity index (χ0) is 13.1. The zero-order valence-electron chi connectivity index (χ0n) is 9.51. The van der Waals surface area contributed by atoms with Crippen LogP contribution in [0.15, 0.2) is 18.3 Å². The lowest BCUT2D eigenvalue weighted by Crippen LogP contribution is -2.42.